The van der Waals surface area contributed by atoms with E-state index in [1.54, 1.807) is 32.2 Å². The largest absolute Gasteiger partial charge is 0.495 e. The molecule has 2 atom stereocenters. The van der Waals surface area contributed by atoms with E-state index in [0.29, 0.717) is 34.1 Å². The van der Waals surface area contributed by atoms with Crippen molar-refractivity contribution in [3.8, 4) is 35.3 Å². The van der Waals surface area contributed by atoms with Crippen molar-refractivity contribution in [1.29, 1.82) is 0 Å². The second kappa shape index (κ2) is 14.1. The van der Waals surface area contributed by atoms with Gasteiger partial charge in [0.2, 0.25) is 11.5 Å². The lowest BCUT2D eigenvalue weighted by molar-refractivity contribution is -0.0542. The summed E-state index contributed by atoms with van der Waals surface area (Å²) in [6.07, 6.45) is 4.65. The third-order valence-electron chi connectivity index (χ3n) is 5.35. The molecule has 0 aliphatic carbocycles. The zero-order valence-electron chi connectivity index (χ0n) is 22.0. The van der Waals surface area contributed by atoms with Gasteiger partial charge in [-0.15, -0.1) is 6.42 Å². The topological polar surface area (TPSA) is 119 Å². The Kier molecular flexibility index (Phi) is 11.2. The Bertz CT molecular complexity index is 1110. The molecule has 2 aromatic rings. The molecule has 0 saturated heterocycles. The van der Waals surface area contributed by atoms with Crippen LogP contribution in [0.15, 0.2) is 35.4 Å². The number of hydrogen-bond donors (Lipinski definition) is 2. The quantitative estimate of drug-likeness (QED) is 0.129. The van der Waals surface area contributed by atoms with Crippen molar-refractivity contribution >= 4 is 11.5 Å². The van der Waals surface area contributed by atoms with Crippen molar-refractivity contribution < 1.29 is 38.7 Å². The molecule has 2 N–H and O–H groups in total. The van der Waals surface area contributed by atoms with Crippen molar-refractivity contribution in [3.63, 3.8) is 0 Å². The van der Waals surface area contributed by atoms with E-state index in [1.807, 2.05) is 0 Å². The number of carbonyl (C=O) groups excluding carboxylic acids is 1. The number of methoxy groups -OCH3 is 4. The molecule has 0 radical (unpaired) electrons. The first-order valence-corrected chi connectivity index (χ1v) is 11.4. The number of aliphatic hydroxyl groups is 2. The van der Waals surface area contributed by atoms with Crippen molar-refractivity contribution in [1.82, 2.24) is 5.01 Å². The number of aliphatic hydroxyl groups excluding tert-OH is 2. The van der Waals surface area contributed by atoms with Gasteiger partial charge in [-0.1, -0.05) is 5.92 Å². The molecular weight excluding hydrogens is 480 g/mol. The summed E-state index contributed by atoms with van der Waals surface area (Å²) in [6.45, 7) is 1.28. The van der Waals surface area contributed by atoms with E-state index in [9.17, 15) is 15.0 Å². The summed E-state index contributed by atoms with van der Waals surface area (Å²) in [5.41, 5.74) is 1.20. The van der Waals surface area contributed by atoms with Crippen molar-refractivity contribution in [2.24, 2.45) is 5.10 Å². The number of terminal acetylenes is 1. The van der Waals surface area contributed by atoms with Gasteiger partial charge in [0.15, 0.2) is 11.5 Å². The molecule has 2 aromatic carbocycles. The monoisotopic (exact) mass is 514 g/mol. The summed E-state index contributed by atoms with van der Waals surface area (Å²) in [4.78, 5) is 13.8. The third kappa shape index (κ3) is 7.60. The van der Waals surface area contributed by atoms with Crippen molar-refractivity contribution in [2.45, 2.75) is 25.6 Å². The third-order valence-corrected chi connectivity index (χ3v) is 5.35. The highest BCUT2D eigenvalue weighted by atomic mass is 16.5. The molecule has 2 unspecified atom stereocenters. The number of rotatable bonds is 14. The average molecular weight is 515 g/mol. The molecule has 0 fully saturated rings. The second-order valence-electron chi connectivity index (χ2n) is 8.09. The first-order valence-electron chi connectivity index (χ1n) is 11.4. The maximum atomic E-state index is 13.8. The van der Waals surface area contributed by atoms with Gasteiger partial charge in [0, 0.05) is 24.6 Å². The van der Waals surface area contributed by atoms with Gasteiger partial charge in [0.1, 0.15) is 18.2 Å². The lowest BCUT2D eigenvalue weighted by atomic mass is 9.98. The van der Waals surface area contributed by atoms with Crippen LogP contribution in [0.5, 0.6) is 23.0 Å². The fourth-order valence-corrected chi connectivity index (χ4v) is 3.54. The highest BCUT2D eigenvalue weighted by molar-refractivity contribution is 6.51. The van der Waals surface area contributed by atoms with Gasteiger partial charge in [-0.05, 0) is 37.3 Å². The van der Waals surface area contributed by atoms with Gasteiger partial charge in [0.25, 0.3) is 0 Å². The summed E-state index contributed by atoms with van der Waals surface area (Å²) in [5, 5.41) is 25.0. The number of hydrogen-bond acceptors (Lipinski definition) is 10. The molecule has 0 heterocycles. The molecule has 10 nitrogen and oxygen atoms in total. The summed E-state index contributed by atoms with van der Waals surface area (Å²) in [6, 6.07) is 8.03. The fourth-order valence-electron chi connectivity index (χ4n) is 3.54. The second-order valence-corrected chi connectivity index (χ2v) is 8.09. The molecule has 0 aliphatic rings. The molecule has 0 aromatic heterocycles. The van der Waals surface area contributed by atoms with Gasteiger partial charge in [-0.2, -0.15) is 5.10 Å². The average Bonchev–Trinajstić information content (AvgIpc) is 2.91. The smallest absolute Gasteiger partial charge is 0.214 e. The van der Waals surface area contributed by atoms with Crippen LogP contribution >= 0.6 is 0 Å². The zero-order chi connectivity index (χ0) is 27.5. The standard InChI is InChI=1S/C27H34N2O8/c1-8-18-12-19(9-10-22(18)33-4)25(28-29(3)16-37-21(15-30)11-17(2)31)26(32)20-13-23(34-5)27(36-7)24(14-20)35-6/h1,9-10,12-14,17,21,30-31H,11,15-16H2,2-7H3/b28-25+. The molecule has 10 heteroatoms. The van der Waals surface area contributed by atoms with Gasteiger partial charge in [-0.3, -0.25) is 9.80 Å². The van der Waals surface area contributed by atoms with E-state index in [-0.39, 0.29) is 31.0 Å². The van der Waals surface area contributed by atoms with E-state index < -0.39 is 18.0 Å². The number of ketones is 1. The summed E-state index contributed by atoms with van der Waals surface area (Å²) in [7, 11) is 7.50. The predicted octanol–water partition coefficient (Wildman–Crippen LogP) is 2.33. The van der Waals surface area contributed by atoms with Crippen LogP contribution in [0.1, 0.15) is 34.8 Å². The van der Waals surface area contributed by atoms with E-state index in [2.05, 4.69) is 11.0 Å². The van der Waals surface area contributed by atoms with Crippen molar-refractivity contribution in [3.05, 3.63) is 47.0 Å². The van der Waals surface area contributed by atoms with E-state index in [4.69, 9.17) is 30.1 Å². The lowest BCUT2D eigenvalue weighted by Gasteiger charge is -2.21. The molecule has 0 saturated carbocycles. The summed E-state index contributed by atoms with van der Waals surface area (Å²) < 4.78 is 27.1. The van der Waals surface area contributed by atoms with E-state index in [1.165, 1.54) is 45.6 Å². The van der Waals surface area contributed by atoms with Crippen LogP contribution in [-0.4, -0.2) is 87.7 Å². The first kappa shape index (κ1) is 29.5. The number of Topliss-reactive ketones (excluding diaryl/α,β-unsaturated/α-hetero) is 1. The Labute approximate surface area is 217 Å². The van der Waals surface area contributed by atoms with Crippen molar-refractivity contribution in [2.75, 3.05) is 48.8 Å². The molecule has 0 amide bonds. The normalized spacial score (nSPS) is 12.8. The van der Waals surface area contributed by atoms with Crippen LogP contribution in [0.4, 0.5) is 0 Å². The number of hydrazone groups is 1. The van der Waals surface area contributed by atoms with Crippen LogP contribution in [0.3, 0.4) is 0 Å². The Morgan fingerprint density at radius 1 is 1.03 bits per heavy atom. The van der Waals surface area contributed by atoms with Gasteiger partial charge in [-0.25, -0.2) is 0 Å². The number of ether oxygens (including phenoxy) is 5. The maximum absolute atomic E-state index is 13.8. The van der Waals surface area contributed by atoms with E-state index >= 15 is 0 Å². The van der Waals surface area contributed by atoms with E-state index in [0.717, 1.165) is 0 Å². The minimum Gasteiger partial charge on any atom is -0.495 e. The van der Waals surface area contributed by atoms with Crippen LogP contribution in [0, 0.1) is 12.3 Å². The molecule has 0 spiro atoms. The van der Waals surface area contributed by atoms with Gasteiger partial charge < -0.3 is 33.9 Å². The molecule has 2 rings (SSSR count). The Balaban J connectivity index is 2.56. The minimum absolute atomic E-state index is 0.0534. The molecular formula is C27H34N2O8. The summed E-state index contributed by atoms with van der Waals surface area (Å²) >= 11 is 0. The number of carbonyl (C=O) groups is 1. The Morgan fingerprint density at radius 3 is 2.14 bits per heavy atom. The van der Waals surface area contributed by atoms with Gasteiger partial charge >= 0.3 is 0 Å². The zero-order valence-corrected chi connectivity index (χ0v) is 22.0. The number of benzene rings is 2. The van der Waals surface area contributed by atoms with Crippen LogP contribution < -0.4 is 18.9 Å². The Hall–Kier alpha value is -3.78. The molecule has 0 aliphatic heterocycles. The van der Waals surface area contributed by atoms with Crippen LogP contribution in [0.25, 0.3) is 0 Å². The fraction of sp³-hybridized carbons (Fsp3) is 0.407. The van der Waals surface area contributed by atoms with Crippen LogP contribution in [0.2, 0.25) is 0 Å². The number of nitrogens with zero attached hydrogens (tertiary/aromatic N) is 2. The SMILES string of the molecule is C#Cc1cc(/C(=N\N(C)COC(CO)CC(C)O)C(=O)c2cc(OC)c(OC)c(OC)c2)ccc1OC. The lowest BCUT2D eigenvalue weighted by Crippen LogP contribution is -2.29. The Morgan fingerprint density at radius 2 is 1.65 bits per heavy atom. The highest BCUT2D eigenvalue weighted by Gasteiger charge is 2.23. The molecule has 200 valence electrons. The molecule has 0 bridgehead atoms. The van der Waals surface area contributed by atoms with Gasteiger partial charge in [0.05, 0.1) is 52.8 Å². The maximum Gasteiger partial charge on any atom is 0.214 e. The highest BCUT2D eigenvalue weighted by Crippen LogP contribution is 2.38. The molecule has 37 heavy (non-hydrogen) atoms. The minimum atomic E-state index is -0.649. The summed E-state index contributed by atoms with van der Waals surface area (Å²) in [5.74, 6) is 3.55. The predicted molar refractivity (Wildman–Crippen MR) is 139 cm³/mol. The first-order chi connectivity index (χ1) is 17.7. The van der Waals surface area contributed by atoms with Crippen LogP contribution in [-0.2, 0) is 4.74 Å².